The lowest BCUT2D eigenvalue weighted by Crippen LogP contribution is -2.32. The molecule has 0 saturated heterocycles. The molecule has 142 valence electrons. The minimum absolute atomic E-state index is 0.00990. The molecule has 3 aromatic rings. The van der Waals surface area contributed by atoms with Crippen LogP contribution in [0.1, 0.15) is 28.6 Å². The van der Waals surface area contributed by atoms with Crippen LogP contribution in [0.25, 0.3) is 0 Å². The molecule has 0 aliphatic heterocycles. The van der Waals surface area contributed by atoms with E-state index in [2.05, 4.69) is 9.71 Å². The monoisotopic (exact) mass is 423 g/mol. The zero-order valence-corrected chi connectivity index (χ0v) is 17.4. The number of nitrogens with zero attached hydrogens (tertiary/aromatic N) is 2. The summed E-state index contributed by atoms with van der Waals surface area (Å²) in [5, 5.41) is 0.515. The highest BCUT2D eigenvalue weighted by molar-refractivity contribution is 7.89. The molecule has 5 nitrogen and oxygen atoms in total. The van der Waals surface area contributed by atoms with Crippen molar-refractivity contribution in [1.29, 1.82) is 0 Å². The molecule has 0 bridgehead atoms. The van der Waals surface area contributed by atoms with E-state index in [9.17, 15) is 8.42 Å². The van der Waals surface area contributed by atoms with Crippen LogP contribution in [0, 0.1) is 13.8 Å². The maximum atomic E-state index is 13.3. The van der Waals surface area contributed by atoms with Crippen LogP contribution in [0.3, 0.4) is 0 Å². The van der Waals surface area contributed by atoms with Gasteiger partial charge in [-0.15, -0.1) is 0 Å². The predicted octanol–water partition coefficient (Wildman–Crippen LogP) is 4.41. The summed E-state index contributed by atoms with van der Waals surface area (Å²) in [6, 6.07) is 10.2. The van der Waals surface area contributed by atoms with Gasteiger partial charge in [-0.05, 0) is 36.6 Å². The SMILES string of the molecule is Cc1cc(Cl)c(C)c(S(=O)(=O)NC(c2ccccc2)c2nccn2C)c1Cl. The number of imidazole rings is 1. The lowest BCUT2D eigenvalue weighted by atomic mass is 10.1. The summed E-state index contributed by atoms with van der Waals surface area (Å²) in [4.78, 5) is 4.32. The first-order valence-electron chi connectivity index (χ1n) is 8.22. The molecule has 0 spiro atoms. The molecule has 0 fully saturated rings. The first kappa shape index (κ1) is 19.9. The number of aromatic nitrogens is 2. The van der Waals surface area contributed by atoms with Crippen LogP contribution in [0.5, 0.6) is 0 Å². The Bertz CT molecular complexity index is 1050. The third-order valence-corrected chi connectivity index (χ3v) is 6.96. The number of benzene rings is 2. The van der Waals surface area contributed by atoms with Crippen molar-refractivity contribution in [2.24, 2.45) is 7.05 Å². The predicted molar refractivity (Wildman–Crippen MR) is 108 cm³/mol. The van der Waals surface area contributed by atoms with Gasteiger partial charge in [0, 0.05) is 24.5 Å². The minimum Gasteiger partial charge on any atom is -0.336 e. The highest BCUT2D eigenvalue weighted by Gasteiger charge is 2.29. The second-order valence-corrected chi connectivity index (χ2v) is 8.74. The average molecular weight is 424 g/mol. The lowest BCUT2D eigenvalue weighted by Gasteiger charge is -2.21. The molecule has 1 aromatic heterocycles. The van der Waals surface area contributed by atoms with Crippen molar-refractivity contribution in [3.05, 3.63) is 81.4 Å². The Labute approximate surface area is 169 Å². The van der Waals surface area contributed by atoms with Crippen LogP contribution in [-0.4, -0.2) is 18.0 Å². The van der Waals surface area contributed by atoms with Crippen molar-refractivity contribution in [3.63, 3.8) is 0 Å². The zero-order valence-electron chi connectivity index (χ0n) is 15.1. The van der Waals surface area contributed by atoms with Gasteiger partial charge in [-0.2, -0.15) is 4.72 Å². The molecule has 1 heterocycles. The van der Waals surface area contributed by atoms with Crippen molar-refractivity contribution < 1.29 is 8.42 Å². The second-order valence-electron chi connectivity index (χ2n) is 6.30. The summed E-state index contributed by atoms with van der Waals surface area (Å²) in [6.45, 7) is 3.36. The smallest absolute Gasteiger partial charge is 0.243 e. The van der Waals surface area contributed by atoms with Gasteiger partial charge < -0.3 is 4.57 Å². The van der Waals surface area contributed by atoms with Crippen molar-refractivity contribution >= 4 is 33.2 Å². The van der Waals surface area contributed by atoms with Crippen LogP contribution >= 0.6 is 23.2 Å². The van der Waals surface area contributed by atoms with E-state index in [4.69, 9.17) is 23.2 Å². The van der Waals surface area contributed by atoms with Gasteiger partial charge in [-0.1, -0.05) is 53.5 Å². The average Bonchev–Trinajstić information content (AvgIpc) is 3.04. The first-order valence-corrected chi connectivity index (χ1v) is 10.5. The van der Waals surface area contributed by atoms with Crippen molar-refractivity contribution in [2.45, 2.75) is 24.8 Å². The fourth-order valence-electron chi connectivity index (χ4n) is 2.92. The molecule has 0 aliphatic carbocycles. The molecule has 0 amide bonds. The van der Waals surface area contributed by atoms with E-state index in [1.54, 1.807) is 36.9 Å². The van der Waals surface area contributed by atoms with Gasteiger partial charge in [0.25, 0.3) is 0 Å². The van der Waals surface area contributed by atoms with Gasteiger partial charge in [0.1, 0.15) is 16.8 Å². The van der Waals surface area contributed by atoms with Crippen LogP contribution in [0.15, 0.2) is 53.7 Å². The van der Waals surface area contributed by atoms with E-state index >= 15 is 0 Å². The maximum Gasteiger partial charge on any atom is 0.243 e. The molecular weight excluding hydrogens is 405 g/mol. The van der Waals surface area contributed by atoms with E-state index < -0.39 is 16.1 Å². The van der Waals surface area contributed by atoms with E-state index in [1.165, 1.54) is 0 Å². The summed E-state index contributed by atoms with van der Waals surface area (Å²) in [7, 11) is -2.16. The Morgan fingerprint density at radius 2 is 1.81 bits per heavy atom. The molecule has 1 unspecified atom stereocenters. The number of hydrogen-bond donors (Lipinski definition) is 1. The maximum absolute atomic E-state index is 13.3. The summed E-state index contributed by atoms with van der Waals surface area (Å²) >= 11 is 12.6. The summed E-state index contributed by atoms with van der Waals surface area (Å²) in [5.41, 5.74) is 1.77. The third kappa shape index (κ3) is 3.89. The number of hydrogen-bond acceptors (Lipinski definition) is 3. The number of sulfonamides is 1. The third-order valence-electron chi connectivity index (χ3n) is 4.38. The van der Waals surface area contributed by atoms with Gasteiger partial charge in [-0.3, -0.25) is 0 Å². The van der Waals surface area contributed by atoms with Gasteiger partial charge in [0.2, 0.25) is 10.0 Å². The number of rotatable bonds is 5. The zero-order chi connectivity index (χ0) is 19.8. The molecule has 27 heavy (non-hydrogen) atoms. The van der Waals surface area contributed by atoms with E-state index in [-0.39, 0.29) is 9.92 Å². The fourth-order valence-corrected chi connectivity index (χ4v) is 5.31. The quantitative estimate of drug-likeness (QED) is 0.660. The summed E-state index contributed by atoms with van der Waals surface area (Å²) in [6.07, 6.45) is 3.39. The molecule has 2 aromatic carbocycles. The Balaban J connectivity index is 2.14. The normalized spacial score (nSPS) is 12.9. The van der Waals surface area contributed by atoms with Gasteiger partial charge in [0.05, 0.1) is 5.02 Å². The van der Waals surface area contributed by atoms with Crippen LogP contribution in [0.2, 0.25) is 10.0 Å². The Morgan fingerprint density at radius 1 is 1.15 bits per heavy atom. The molecule has 1 N–H and O–H groups in total. The van der Waals surface area contributed by atoms with E-state index in [0.717, 1.165) is 5.56 Å². The van der Waals surface area contributed by atoms with E-state index in [1.807, 2.05) is 37.4 Å². The number of nitrogens with one attached hydrogen (secondary N) is 1. The van der Waals surface area contributed by atoms with Crippen LogP contribution in [-0.2, 0) is 17.1 Å². The Morgan fingerprint density at radius 3 is 2.41 bits per heavy atom. The minimum atomic E-state index is -3.98. The molecule has 0 radical (unpaired) electrons. The molecule has 8 heteroatoms. The van der Waals surface area contributed by atoms with Crippen LogP contribution < -0.4 is 4.72 Å². The molecule has 1 atom stereocenters. The van der Waals surface area contributed by atoms with Crippen molar-refractivity contribution in [3.8, 4) is 0 Å². The fraction of sp³-hybridized carbons (Fsp3) is 0.211. The highest BCUT2D eigenvalue weighted by Crippen LogP contribution is 2.34. The number of aryl methyl sites for hydroxylation is 2. The van der Waals surface area contributed by atoms with Crippen molar-refractivity contribution in [2.75, 3.05) is 0 Å². The lowest BCUT2D eigenvalue weighted by molar-refractivity contribution is 0.562. The van der Waals surface area contributed by atoms with Gasteiger partial charge in [0.15, 0.2) is 0 Å². The number of halogens is 2. The van der Waals surface area contributed by atoms with Crippen LogP contribution in [0.4, 0.5) is 0 Å². The standard InChI is InChI=1S/C19H19Cl2N3O2S/c1-12-11-15(20)13(2)18(16(12)21)27(25,26)23-17(14-7-5-4-6-8-14)19-22-9-10-24(19)3/h4-11,17,23H,1-3H3. The summed E-state index contributed by atoms with van der Waals surface area (Å²) < 4.78 is 31.1. The molecule has 3 rings (SSSR count). The molecule has 0 aliphatic rings. The topological polar surface area (TPSA) is 64.0 Å². The Kier molecular flexibility index (Phi) is 5.63. The second kappa shape index (κ2) is 7.64. The summed E-state index contributed by atoms with van der Waals surface area (Å²) in [5.74, 6) is 0.567. The molecule has 0 saturated carbocycles. The highest BCUT2D eigenvalue weighted by atomic mass is 35.5. The van der Waals surface area contributed by atoms with Gasteiger partial charge in [-0.25, -0.2) is 13.4 Å². The Hall–Kier alpha value is -1.86. The molecular formula is C19H19Cl2N3O2S. The first-order chi connectivity index (χ1) is 12.7. The largest absolute Gasteiger partial charge is 0.336 e. The van der Waals surface area contributed by atoms with Crippen molar-refractivity contribution in [1.82, 2.24) is 14.3 Å². The van der Waals surface area contributed by atoms with E-state index in [0.29, 0.717) is 22.0 Å². The van der Waals surface area contributed by atoms with Gasteiger partial charge >= 0.3 is 0 Å².